The summed E-state index contributed by atoms with van der Waals surface area (Å²) < 4.78 is 6.05. The fourth-order valence-corrected chi connectivity index (χ4v) is 4.53. The summed E-state index contributed by atoms with van der Waals surface area (Å²) in [4.78, 5) is 2.49. The SMILES string of the molecule is c1ccc2c(c1)CCOC2CNC1CCN(c2ccc(-c3ccn[nH]3)cc2)CC1. The van der Waals surface area contributed by atoms with Crippen molar-refractivity contribution in [3.63, 3.8) is 0 Å². The molecule has 1 fully saturated rings. The number of rotatable bonds is 5. The van der Waals surface area contributed by atoms with E-state index < -0.39 is 0 Å². The molecule has 5 nitrogen and oxygen atoms in total. The molecule has 1 saturated heterocycles. The number of nitrogens with one attached hydrogen (secondary N) is 2. The Labute approximate surface area is 172 Å². The molecule has 2 N–H and O–H groups in total. The second-order valence-corrected chi connectivity index (χ2v) is 8.00. The minimum Gasteiger partial charge on any atom is -0.372 e. The standard InChI is InChI=1S/C24H28N4O/c1-2-4-22-18(3-1)12-16-29-24(22)17-25-20-10-14-28(15-11-20)21-7-5-19(6-8-21)23-9-13-26-27-23/h1-9,13,20,24-25H,10-12,14-17H2,(H,26,27). The first-order chi connectivity index (χ1) is 14.4. The Morgan fingerprint density at radius 2 is 1.86 bits per heavy atom. The molecule has 3 heterocycles. The third-order valence-corrected chi connectivity index (χ3v) is 6.22. The number of piperidine rings is 1. The van der Waals surface area contributed by atoms with Crippen LogP contribution in [0.4, 0.5) is 5.69 Å². The molecule has 3 aromatic rings. The quantitative estimate of drug-likeness (QED) is 0.695. The Bertz CT molecular complexity index is 914. The molecule has 1 aromatic heterocycles. The molecular formula is C24H28N4O. The van der Waals surface area contributed by atoms with Gasteiger partial charge < -0.3 is 15.0 Å². The number of anilines is 1. The van der Waals surface area contributed by atoms with E-state index in [0.29, 0.717) is 6.04 Å². The van der Waals surface area contributed by atoms with Crippen LogP contribution < -0.4 is 10.2 Å². The third-order valence-electron chi connectivity index (χ3n) is 6.22. The summed E-state index contributed by atoms with van der Waals surface area (Å²) in [6.45, 7) is 3.91. The molecule has 2 aromatic carbocycles. The van der Waals surface area contributed by atoms with Gasteiger partial charge in [0.1, 0.15) is 0 Å². The van der Waals surface area contributed by atoms with Crippen LogP contribution in [-0.2, 0) is 11.2 Å². The van der Waals surface area contributed by atoms with Crippen molar-refractivity contribution in [1.29, 1.82) is 0 Å². The normalized spacial score (nSPS) is 19.9. The summed E-state index contributed by atoms with van der Waals surface area (Å²) in [6.07, 6.45) is 5.34. The molecule has 5 rings (SSSR count). The highest BCUT2D eigenvalue weighted by atomic mass is 16.5. The van der Waals surface area contributed by atoms with Crippen LogP contribution in [0.5, 0.6) is 0 Å². The molecule has 1 atom stereocenters. The van der Waals surface area contributed by atoms with Gasteiger partial charge in [0, 0.05) is 37.6 Å². The minimum atomic E-state index is 0.188. The number of nitrogens with zero attached hydrogens (tertiary/aromatic N) is 2. The number of H-pyrrole nitrogens is 1. The Morgan fingerprint density at radius 3 is 2.66 bits per heavy atom. The summed E-state index contributed by atoms with van der Waals surface area (Å²) in [5.41, 5.74) is 6.35. The second kappa shape index (κ2) is 8.39. The number of aromatic nitrogens is 2. The molecule has 1 unspecified atom stereocenters. The summed E-state index contributed by atoms with van der Waals surface area (Å²) in [5.74, 6) is 0. The fraction of sp³-hybridized carbons (Fsp3) is 0.375. The molecule has 29 heavy (non-hydrogen) atoms. The zero-order valence-corrected chi connectivity index (χ0v) is 16.7. The Kier molecular flexibility index (Phi) is 5.33. The Balaban J connectivity index is 1.13. The highest BCUT2D eigenvalue weighted by Gasteiger charge is 2.23. The van der Waals surface area contributed by atoms with Crippen LogP contribution in [-0.4, -0.2) is 42.5 Å². The number of ether oxygens (including phenoxy) is 1. The molecule has 2 aliphatic rings. The van der Waals surface area contributed by atoms with E-state index in [1.54, 1.807) is 6.20 Å². The van der Waals surface area contributed by atoms with Gasteiger partial charge in [-0.15, -0.1) is 0 Å². The first kappa shape index (κ1) is 18.4. The molecule has 0 aliphatic carbocycles. The predicted octanol–water partition coefficient (Wildman–Crippen LogP) is 3.95. The lowest BCUT2D eigenvalue weighted by Gasteiger charge is -2.35. The predicted molar refractivity (Wildman–Crippen MR) is 116 cm³/mol. The zero-order chi connectivity index (χ0) is 19.5. The lowest BCUT2D eigenvalue weighted by Crippen LogP contribution is -2.44. The van der Waals surface area contributed by atoms with Crippen LogP contribution in [0.1, 0.15) is 30.1 Å². The topological polar surface area (TPSA) is 53.2 Å². The first-order valence-electron chi connectivity index (χ1n) is 10.6. The highest BCUT2D eigenvalue weighted by molar-refractivity contribution is 5.62. The maximum atomic E-state index is 6.05. The molecule has 0 spiro atoms. The van der Waals surface area contributed by atoms with Crippen molar-refractivity contribution in [3.05, 3.63) is 71.9 Å². The highest BCUT2D eigenvalue weighted by Crippen LogP contribution is 2.27. The molecule has 150 valence electrons. The molecule has 5 heteroatoms. The summed E-state index contributed by atoms with van der Waals surface area (Å²) in [5, 5.41) is 10.8. The molecule has 2 aliphatic heterocycles. The lowest BCUT2D eigenvalue weighted by atomic mass is 9.97. The third kappa shape index (κ3) is 4.07. The monoisotopic (exact) mass is 388 g/mol. The van der Waals surface area contributed by atoms with E-state index in [2.05, 4.69) is 68.9 Å². The molecule has 0 radical (unpaired) electrons. The van der Waals surface area contributed by atoms with E-state index >= 15 is 0 Å². The van der Waals surface area contributed by atoms with Crippen LogP contribution >= 0.6 is 0 Å². The van der Waals surface area contributed by atoms with Gasteiger partial charge in [0.15, 0.2) is 0 Å². The van der Waals surface area contributed by atoms with Gasteiger partial charge in [-0.25, -0.2) is 0 Å². The summed E-state index contributed by atoms with van der Waals surface area (Å²) >= 11 is 0. The van der Waals surface area contributed by atoms with Crippen molar-refractivity contribution in [3.8, 4) is 11.3 Å². The second-order valence-electron chi connectivity index (χ2n) is 8.00. The summed E-state index contributed by atoms with van der Waals surface area (Å²) in [7, 11) is 0. The lowest BCUT2D eigenvalue weighted by molar-refractivity contribution is 0.0401. The van der Waals surface area contributed by atoms with Crippen molar-refractivity contribution in [2.45, 2.75) is 31.4 Å². The van der Waals surface area contributed by atoms with Gasteiger partial charge in [0.25, 0.3) is 0 Å². The van der Waals surface area contributed by atoms with Crippen molar-refractivity contribution < 1.29 is 4.74 Å². The van der Waals surface area contributed by atoms with Crippen LogP contribution in [0, 0.1) is 0 Å². The van der Waals surface area contributed by atoms with Gasteiger partial charge in [-0.05, 0) is 54.2 Å². The Hall–Kier alpha value is -2.63. The Morgan fingerprint density at radius 1 is 1.03 bits per heavy atom. The van der Waals surface area contributed by atoms with E-state index in [1.165, 1.54) is 22.4 Å². The van der Waals surface area contributed by atoms with E-state index in [4.69, 9.17) is 4.74 Å². The van der Waals surface area contributed by atoms with E-state index in [1.807, 2.05) is 6.07 Å². The molecule has 0 amide bonds. The van der Waals surface area contributed by atoms with Gasteiger partial charge >= 0.3 is 0 Å². The fourth-order valence-electron chi connectivity index (χ4n) is 4.53. The first-order valence-corrected chi connectivity index (χ1v) is 10.6. The van der Waals surface area contributed by atoms with Crippen molar-refractivity contribution >= 4 is 5.69 Å². The number of benzene rings is 2. The maximum Gasteiger partial charge on any atom is 0.0952 e. The van der Waals surface area contributed by atoms with Gasteiger partial charge in [0.2, 0.25) is 0 Å². The number of hydrogen-bond donors (Lipinski definition) is 2. The van der Waals surface area contributed by atoms with Gasteiger partial charge in [0.05, 0.1) is 18.4 Å². The minimum absolute atomic E-state index is 0.188. The van der Waals surface area contributed by atoms with Crippen LogP contribution in [0.3, 0.4) is 0 Å². The van der Waals surface area contributed by atoms with E-state index in [9.17, 15) is 0 Å². The maximum absolute atomic E-state index is 6.05. The average Bonchev–Trinajstić information content (AvgIpc) is 3.33. The average molecular weight is 389 g/mol. The summed E-state index contributed by atoms with van der Waals surface area (Å²) in [6, 6.07) is 20.1. The van der Waals surface area contributed by atoms with E-state index in [-0.39, 0.29) is 6.10 Å². The largest absolute Gasteiger partial charge is 0.372 e. The zero-order valence-electron chi connectivity index (χ0n) is 16.7. The number of aromatic amines is 1. The van der Waals surface area contributed by atoms with Crippen molar-refractivity contribution in [1.82, 2.24) is 15.5 Å². The van der Waals surface area contributed by atoms with Gasteiger partial charge in [-0.2, -0.15) is 5.10 Å². The number of fused-ring (bicyclic) bond motifs is 1. The van der Waals surface area contributed by atoms with Crippen LogP contribution in [0.15, 0.2) is 60.8 Å². The van der Waals surface area contributed by atoms with Gasteiger partial charge in [-0.1, -0.05) is 36.4 Å². The molecule has 0 bridgehead atoms. The van der Waals surface area contributed by atoms with E-state index in [0.717, 1.165) is 51.2 Å². The van der Waals surface area contributed by atoms with Crippen molar-refractivity contribution in [2.75, 3.05) is 31.1 Å². The van der Waals surface area contributed by atoms with Crippen LogP contribution in [0.25, 0.3) is 11.3 Å². The molecular weight excluding hydrogens is 360 g/mol. The molecule has 0 saturated carbocycles. The smallest absolute Gasteiger partial charge is 0.0952 e. The van der Waals surface area contributed by atoms with Crippen LogP contribution in [0.2, 0.25) is 0 Å². The van der Waals surface area contributed by atoms with Gasteiger partial charge in [-0.3, -0.25) is 5.10 Å². The number of hydrogen-bond acceptors (Lipinski definition) is 4. The van der Waals surface area contributed by atoms with Crippen molar-refractivity contribution in [2.24, 2.45) is 0 Å².